The van der Waals surface area contributed by atoms with E-state index >= 15 is 0 Å². The van der Waals surface area contributed by atoms with Gasteiger partial charge in [0.2, 0.25) is 12.1 Å². The molecule has 3 aromatic carbocycles. The summed E-state index contributed by atoms with van der Waals surface area (Å²) in [4.78, 5) is 22.4. The molecule has 7 atom stereocenters. The number of nitrogens with zero attached hydrogens (tertiary/aromatic N) is 2. The van der Waals surface area contributed by atoms with Gasteiger partial charge in [0.1, 0.15) is 35.7 Å². The summed E-state index contributed by atoms with van der Waals surface area (Å²) in [7, 11) is 0. The minimum atomic E-state index is -1.53. The van der Waals surface area contributed by atoms with Crippen molar-refractivity contribution in [2.45, 2.75) is 109 Å². The Hall–Kier alpha value is -4.46. The molecule has 0 radical (unpaired) electrons. The summed E-state index contributed by atoms with van der Waals surface area (Å²) in [6.45, 7) is 8.96. The highest BCUT2D eigenvalue weighted by Crippen LogP contribution is 2.62. The first-order valence-electron chi connectivity index (χ1n) is 22.5. The standard InChI is InChI=1S/C50H62ClFN2O9/c1-4-25-60-50-45(54(49(57)59-27-22-51)32-35-15-17-37(52)18-16-35)31-43(53-63-46-13-7-10-26-58-46)41-29-36(11-5-8-23-55)40(12-6-9-24-56)47(48(41)50)42-30-39(20-21-44(42)62-50)61-38-19-14-33(2)34(3)28-38/h4,14-21,28-30,36,40,45-48,55-56H,1,5-13,22-27,31-32H2,2-3H3/t36-,40+,45-,46?,47+,48+,50+/m0/s1. The van der Waals surface area contributed by atoms with Gasteiger partial charge in [-0.1, -0.05) is 48.3 Å². The second-order valence-corrected chi connectivity index (χ2v) is 17.5. The molecule has 2 heterocycles. The van der Waals surface area contributed by atoms with Crippen LogP contribution in [0.1, 0.15) is 92.4 Å². The minimum absolute atomic E-state index is 0.00608. The monoisotopic (exact) mass is 888 g/mol. The van der Waals surface area contributed by atoms with Gasteiger partial charge in [-0.15, -0.1) is 18.2 Å². The van der Waals surface area contributed by atoms with E-state index in [0.717, 1.165) is 55.2 Å². The molecule has 340 valence electrons. The number of carbonyl (C=O) groups is 1. The van der Waals surface area contributed by atoms with Crippen LogP contribution in [-0.2, 0) is 25.6 Å². The molecule has 0 aromatic heterocycles. The summed E-state index contributed by atoms with van der Waals surface area (Å²) in [6, 6.07) is 17.1. The summed E-state index contributed by atoms with van der Waals surface area (Å²) in [5.74, 6) is -0.685. The van der Waals surface area contributed by atoms with Crippen molar-refractivity contribution in [3.8, 4) is 17.2 Å². The van der Waals surface area contributed by atoms with Crippen molar-refractivity contribution in [1.82, 2.24) is 4.90 Å². The number of alkyl halides is 1. The highest BCUT2D eigenvalue weighted by molar-refractivity contribution is 6.18. The summed E-state index contributed by atoms with van der Waals surface area (Å²) in [5.41, 5.74) is 5.40. The van der Waals surface area contributed by atoms with Crippen molar-refractivity contribution in [3.63, 3.8) is 0 Å². The van der Waals surface area contributed by atoms with Crippen LogP contribution < -0.4 is 9.47 Å². The Labute approximate surface area is 375 Å². The van der Waals surface area contributed by atoms with E-state index in [9.17, 15) is 19.4 Å². The van der Waals surface area contributed by atoms with Crippen LogP contribution in [0.25, 0.3) is 0 Å². The van der Waals surface area contributed by atoms with Gasteiger partial charge in [0.25, 0.3) is 0 Å². The molecule has 2 aliphatic heterocycles. The maximum absolute atomic E-state index is 14.5. The first-order chi connectivity index (χ1) is 30.7. The van der Waals surface area contributed by atoms with Crippen molar-refractivity contribution in [1.29, 1.82) is 0 Å². The van der Waals surface area contributed by atoms with Gasteiger partial charge in [-0.3, -0.25) is 4.90 Å². The topological polar surface area (TPSA) is 129 Å². The Balaban J connectivity index is 1.45. The maximum Gasteiger partial charge on any atom is 0.410 e. The van der Waals surface area contributed by atoms with Crippen molar-refractivity contribution < 1.29 is 47.9 Å². The molecule has 0 spiro atoms. The Bertz CT molecular complexity index is 2070. The number of ether oxygens (including phenoxy) is 5. The van der Waals surface area contributed by atoms with Crippen molar-refractivity contribution in [3.05, 3.63) is 113 Å². The van der Waals surface area contributed by atoms with E-state index in [-0.39, 0.29) is 63.0 Å². The van der Waals surface area contributed by atoms with E-state index in [0.29, 0.717) is 54.4 Å². The predicted octanol–water partition coefficient (Wildman–Crippen LogP) is 10.3. The molecule has 1 saturated heterocycles. The number of hydrogen-bond acceptors (Lipinski definition) is 10. The highest BCUT2D eigenvalue weighted by atomic mass is 35.5. The molecule has 1 saturated carbocycles. The minimum Gasteiger partial charge on any atom is -0.459 e. The fourth-order valence-corrected chi connectivity index (χ4v) is 9.92. The number of allylic oxidation sites excluding steroid dienone is 1. The molecule has 4 aliphatic rings. The van der Waals surface area contributed by atoms with Gasteiger partial charge in [0.05, 0.1) is 30.7 Å². The Morgan fingerprint density at radius 3 is 2.48 bits per heavy atom. The molecular formula is C50H62ClFN2O9. The van der Waals surface area contributed by atoms with Crippen LogP contribution in [-0.4, -0.2) is 84.0 Å². The van der Waals surface area contributed by atoms with Crippen LogP contribution in [0.5, 0.6) is 17.2 Å². The Morgan fingerprint density at radius 2 is 1.76 bits per heavy atom. The van der Waals surface area contributed by atoms with Crippen LogP contribution in [0.4, 0.5) is 9.18 Å². The first-order valence-corrected chi connectivity index (χ1v) is 23.1. The van der Waals surface area contributed by atoms with Crippen molar-refractivity contribution in [2.24, 2.45) is 22.9 Å². The normalized spacial score (nSPS) is 25.6. The molecule has 1 unspecified atom stereocenters. The average Bonchev–Trinajstić information content (AvgIpc) is 3.29. The Morgan fingerprint density at radius 1 is 1.00 bits per heavy atom. The number of aliphatic hydroxyl groups excluding tert-OH is 2. The molecule has 1 amide bonds. The number of benzene rings is 3. The zero-order chi connectivity index (χ0) is 44.3. The van der Waals surface area contributed by atoms with Crippen LogP contribution in [0.15, 0.2) is 90.1 Å². The van der Waals surface area contributed by atoms with Crippen LogP contribution in [0.2, 0.25) is 0 Å². The molecule has 11 nitrogen and oxygen atoms in total. The summed E-state index contributed by atoms with van der Waals surface area (Å²) >= 11 is 6.09. The number of hydrogen-bond donors (Lipinski definition) is 2. The number of oxime groups is 1. The molecule has 2 fully saturated rings. The van der Waals surface area contributed by atoms with E-state index in [2.05, 4.69) is 32.6 Å². The molecule has 0 bridgehead atoms. The lowest BCUT2D eigenvalue weighted by molar-refractivity contribution is -0.256. The van der Waals surface area contributed by atoms with E-state index < -0.39 is 35.9 Å². The number of rotatable bonds is 20. The number of aliphatic hydroxyl groups is 2. The van der Waals surface area contributed by atoms with Gasteiger partial charge in [-0.2, -0.15) is 0 Å². The lowest BCUT2D eigenvalue weighted by Crippen LogP contribution is -2.70. The van der Waals surface area contributed by atoms with Gasteiger partial charge < -0.3 is 38.7 Å². The third-order valence-electron chi connectivity index (χ3n) is 13.0. The van der Waals surface area contributed by atoms with E-state index in [1.54, 1.807) is 23.1 Å². The van der Waals surface area contributed by atoms with Gasteiger partial charge in [0, 0.05) is 44.1 Å². The largest absolute Gasteiger partial charge is 0.459 e. The number of fused-ring (bicyclic) bond motifs is 2. The van der Waals surface area contributed by atoms with E-state index in [1.807, 2.05) is 30.3 Å². The molecule has 7 rings (SSSR count). The second kappa shape index (κ2) is 22.0. The van der Waals surface area contributed by atoms with Gasteiger partial charge in [0.15, 0.2) is 0 Å². The van der Waals surface area contributed by atoms with Crippen LogP contribution in [0.3, 0.4) is 0 Å². The van der Waals surface area contributed by atoms with Crippen LogP contribution >= 0.6 is 11.6 Å². The lowest BCUT2D eigenvalue weighted by atomic mass is 9.55. The van der Waals surface area contributed by atoms with Gasteiger partial charge >= 0.3 is 6.09 Å². The molecule has 13 heteroatoms. The van der Waals surface area contributed by atoms with Gasteiger partial charge in [-0.25, -0.2) is 9.18 Å². The van der Waals surface area contributed by atoms with Crippen molar-refractivity contribution in [2.75, 3.05) is 38.9 Å². The number of carbonyl (C=O) groups excluding carboxylic acids is 1. The summed E-state index contributed by atoms with van der Waals surface area (Å²) < 4.78 is 47.1. The number of amides is 1. The summed E-state index contributed by atoms with van der Waals surface area (Å²) in [5, 5.41) is 24.9. The SMILES string of the molecule is C=CCO[C@@]12Oc3ccc(Oc4ccc(C)c(C)c4)cc3[C@H]3[C@H](CCCCO)[C@@H](CCCCO)C=C(C(=NOC4CCCCO4)C[C@@H]1N(Cc1ccc(F)cc1)C(=O)OCCCl)[C@H]32. The lowest BCUT2D eigenvalue weighted by Gasteiger charge is -2.59. The third-order valence-corrected chi connectivity index (χ3v) is 13.1. The number of aryl methyl sites for hydroxylation is 2. The van der Waals surface area contributed by atoms with Gasteiger partial charge in [-0.05, 0) is 129 Å². The number of halogens is 2. The fourth-order valence-electron chi connectivity index (χ4n) is 9.84. The van der Waals surface area contributed by atoms with E-state index in [1.165, 1.54) is 17.7 Å². The fraction of sp³-hybridized carbons (Fsp3) is 0.520. The zero-order valence-electron chi connectivity index (χ0n) is 36.5. The number of unbranched alkanes of at least 4 members (excludes halogenated alkanes) is 2. The average molecular weight is 890 g/mol. The molecule has 2 N–H and O–H groups in total. The summed E-state index contributed by atoms with van der Waals surface area (Å²) in [6.07, 6.45) is 9.97. The molecule has 3 aromatic rings. The van der Waals surface area contributed by atoms with Crippen molar-refractivity contribution >= 4 is 23.4 Å². The van der Waals surface area contributed by atoms with Crippen LogP contribution in [0, 0.1) is 37.4 Å². The third kappa shape index (κ3) is 10.7. The van der Waals surface area contributed by atoms with E-state index in [4.69, 9.17) is 45.3 Å². The molecule has 2 aliphatic carbocycles. The second-order valence-electron chi connectivity index (χ2n) is 17.1. The Kier molecular flexibility index (Phi) is 16.2. The molecule has 63 heavy (non-hydrogen) atoms. The predicted molar refractivity (Wildman–Crippen MR) is 240 cm³/mol. The first kappa shape index (κ1) is 46.5. The smallest absolute Gasteiger partial charge is 0.410 e. The highest BCUT2D eigenvalue weighted by Gasteiger charge is 2.65. The zero-order valence-corrected chi connectivity index (χ0v) is 37.3. The quantitative estimate of drug-likeness (QED) is 0.0493. The molecular weight excluding hydrogens is 827 g/mol. The maximum atomic E-state index is 14.5.